The summed E-state index contributed by atoms with van der Waals surface area (Å²) in [4.78, 5) is 14.2. The molecule has 0 radical (unpaired) electrons. The van der Waals surface area contributed by atoms with E-state index in [1.807, 2.05) is 22.6 Å². The fraction of sp³-hybridized carbons (Fsp3) is 0.0667. The van der Waals surface area contributed by atoms with Gasteiger partial charge in [-0.15, -0.1) is 0 Å². The smallest absolute Gasteiger partial charge is 0.259 e. The third-order valence-electron chi connectivity index (χ3n) is 2.98. The first-order valence-corrected chi connectivity index (χ1v) is 7.52. The molecule has 0 unspecified atom stereocenters. The third-order valence-corrected chi connectivity index (χ3v) is 4.11. The van der Waals surface area contributed by atoms with Crippen molar-refractivity contribution in [2.75, 3.05) is 11.9 Å². The maximum atomic E-state index is 13.1. The number of halogens is 2. The van der Waals surface area contributed by atoms with Gasteiger partial charge in [0.2, 0.25) is 0 Å². The molecule has 0 aliphatic rings. The van der Waals surface area contributed by atoms with Crippen molar-refractivity contribution < 1.29 is 9.18 Å². The number of anilines is 1. The molecule has 2 aromatic carbocycles. The van der Waals surface area contributed by atoms with E-state index in [4.69, 9.17) is 18.0 Å². The lowest BCUT2D eigenvalue weighted by Crippen LogP contribution is -2.27. The molecule has 2 rings (SSSR count). The molecule has 2 aromatic rings. The lowest BCUT2D eigenvalue weighted by molar-refractivity contribution is 0.0992. The van der Waals surface area contributed by atoms with Crippen LogP contribution in [0.3, 0.4) is 0 Å². The normalized spacial score (nSPS) is 10.2. The number of nitrogens with zero attached hydrogens (tertiary/aromatic N) is 1. The molecule has 0 bridgehead atoms. The molecule has 0 aromatic heterocycles. The van der Waals surface area contributed by atoms with Crippen molar-refractivity contribution >= 4 is 51.4 Å². The van der Waals surface area contributed by atoms with Gasteiger partial charge in [0.15, 0.2) is 0 Å². The second-order valence-corrected chi connectivity index (χ2v) is 6.00. The van der Waals surface area contributed by atoms with Crippen LogP contribution in [0, 0.1) is 9.39 Å². The van der Waals surface area contributed by atoms with Gasteiger partial charge in [-0.05, 0) is 52.9 Å². The summed E-state index contributed by atoms with van der Waals surface area (Å²) in [5.74, 6) is -0.589. The molecule has 0 saturated carbocycles. The van der Waals surface area contributed by atoms with E-state index in [0.717, 1.165) is 0 Å². The van der Waals surface area contributed by atoms with E-state index in [9.17, 15) is 9.18 Å². The van der Waals surface area contributed by atoms with Gasteiger partial charge in [0.25, 0.3) is 5.91 Å². The molecule has 108 valence electrons. The number of thiocarbonyl (C=S) groups is 1. The van der Waals surface area contributed by atoms with Crippen LogP contribution in [-0.2, 0) is 0 Å². The SMILES string of the molecule is CN(C(=O)c1ccc(F)cc1I)c1cccc(C(N)=S)c1. The van der Waals surface area contributed by atoms with Crippen LogP contribution in [-0.4, -0.2) is 17.9 Å². The Hall–Kier alpha value is -1.54. The Bertz CT molecular complexity index is 721. The van der Waals surface area contributed by atoms with E-state index in [1.54, 1.807) is 31.3 Å². The zero-order chi connectivity index (χ0) is 15.6. The van der Waals surface area contributed by atoms with Gasteiger partial charge in [-0.25, -0.2) is 4.39 Å². The number of benzene rings is 2. The summed E-state index contributed by atoms with van der Waals surface area (Å²) < 4.78 is 13.7. The fourth-order valence-electron chi connectivity index (χ4n) is 1.83. The van der Waals surface area contributed by atoms with Crippen molar-refractivity contribution in [3.05, 3.63) is 63.0 Å². The largest absolute Gasteiger partial charge is 0.389 e. The number of nitrogens with two attached hydrogens (primary N) is 1. The van der Waals surface area contributed by atoms with E-state index in [-0.39, 0.29) is 16.7 Å². The van der Waals surface area contributed by atoms with Crippen molar-refractivity contribution in [1.29, 1.82) is 0 Å². The first-order chi connectivity index (χ1) is 9.90. The molecular formula is C15H12FIN2OS. The first kappa shape index (κ1) is 15.8. The number of hydrogen-bond donors (Lipinski definition) is 1. The van der Waals surface area contributed by atoms with Gasteiger partial charge < -0.3 is 10.6 Å². The van der Waals surface area contributed by atoms with E-state index in [0.29, 0.717) is 20.4 Å². The third kappa shape index (κ3) is 3.56. The van der Waals surface area contributed by atoms with E-state index in [2.05, 4.69) is 0 Å². The second kappa shape index (κ2) is 6.48. The van der Waals surface area contributed by atoms with Gasteiger partial charge in [0, 0.05) is 21.9 Å². The predicted octanol–water partition coefficient (Wildman–Crippen LogP) is 3.34. The Morgan fingerprint density at radius 3 is 2.62 bits per heavy atom. The highest BCUT2D eigenvalue weighted by Crippen LogP contribution is 2.20. The second-order valence-electron chi connectivity index (χ2n) is 4.40. The molecule has 0 atom stereocenters. The standard InChI is InChI=1S/C15H12FIN2OS/c1-19(11-4-2-3-9(7-11)14(18)21)15(20)12-6-5-10(16)8-13(12)17/h2-8H,1H3,(H2,18,21). The minimum Gasteiger partial charge on any atom is -0.389 e. The fourth-order valence-corrected chi connectivity index (χ4v) is 2.66. The summed E-state index contributed by atoms with van der Waals surface area (Å²) in [6.45, 7) is 0. The van der Waals surface area contributed by atoms with Gasteiger partial charge in [-0.1, -0.05) is 24.4 Å². The van der Waals surface area contributed by atoms with Crippen LogP contribution in [0.4, 0.5) is 10.1 Å². The lowest BCUT2D eigenvalue weighted by Gasteiger charge is -2.19. The van der Waals surface area contributed by atoms with Crippen LogP contribution < -0.4 is 10.6 Å². The average molecular weight is 414 g/mol. The van der Waals surface area contributed by atoms with Gasteiger partial charge in [-0.3, -0.25) is 4.79 Å². The number of hydrogen-bond acceptors (Lipinski definition) is 2. The molecular weight excluding hydrogens is 402 g/mol. The number of carbonyl (C=O) groups excluding carboxylic acids is 1. The van der Waals surface area contributed by atoms with Gasteiger partial charge in [0.1, 0.15) is 10.8 Å². The van der Waals surface area contributed by atoms with Crippen LogP contribution in [0.2, 0.25) is 0 Å². The first-order valence-electron chi connectivity index (χ1n) is 6.03. The molecule has 0 aliphatic carbocycles. The molecule has 0 heterocycles. The molecule has 6 heteroatoms. The molecule has 1 amide bonds. The van der Waals surface area contributed by atoms with Crippen molar-refractivity contribution in [3.63, 3.8) is 0 Å². The lowest BCUT2D eigenvalue weighted by atomic mass is 10.1. The number of carbonyl (C=O) groups is 1. The molecule has 0 fully saturated rings. The summed E-state index contributed by atoms with van der Waals surface area (Å²) >= 11 is 6.88. The Balaban J connectivity index is 2.35. The Labute approximate surface area is 141 Å². The van der Waals surface area contributed by atoms with Crippen LogP contribution in [0.25, 0.3) is 0 Å². The molecule has 0 spiro atoms. The minimum atomic E-state index is -0.367. The van der Waals surface area contributed by atoms with Crippen LogP contribution >= 0.6 is 34.8 Å². The summed E-state index contributed by atoms with van der Waals surface area (Å²) in [6, 6.07) is 11.2. The van der Waals surface area contributed by atoms with Gasteiger partial charge >= 0.3 is 0 Å². The topological polar surface area (TPSA) is 46.3 Å². The van der Waals surface area contributed by atoms with Crippen LogP contribution in [0.5, 0.6) is 0 Å². The zero-order valence-corrected chi connectivity index (χ0v) is 14.1. The highest BCUT2D eigenvalue weighted by Gasteiger charge is 2.17. The maximum absolute atomic E-state index is 13.1. The molecule has 0 aliphatic heterocycles. The predicted molar refractivity (Wildman–Crippen MR) is 94.2 cm³/mol. The van der Waals surface area contributed by atoms with Crippen LogP contribution in [0.15, 0.2) is 42.5 Å². The van der Waals surface area contributed by atoms with E-state index >= 15 is 0 Å². The molecule has 3 nitrogen and oxygen atoms in total. The summed E-state index contributed by atoms with van der Waals surface area (Å²) in [6.07, 6.45) is 0. The van der Waals surface area contributed by atoms with E-state index in [1.165, 1.54) is 23.1 Å². The van der Waals surface area contributed by atoms with Crippen LogP contribution in [0.1, 0.15) is 15.9 Å². The number of rotatable bonds is 3. The average Bonchev–Trinajstić information content (AvgIpc) is 2.46. The summed E-state index contributed by atoms with van der Waals surface area (Å²) in [7, 11) is 1.65. The Kier molecular flexibility index (Phi) is 4.89. The quantitative estimate of drug-likeness (QED) is 0.619. The molecule has 2 N–H and O–H groups in total. The van der Waals surface area contributed by atoms with Crippen molar-refractivity contribution in [1.82, 2.24) is 0 Å². The van der Waals surface area contributed by atoms with Gasteiger partial charge in [0.05, 0.1) is 5.56 Å². The minimum absolute atomic E-state index is 0.223. The van der Waals surface area contributed by atoms with Crippen molar-refractivity contribution in [2.24, 2.45) is 5.73 Å². The van der Waals surface area contributed by atoms with Crippen molar-refractivity contribution in [2.45, 2.75) is 0 Å². The van der Waals surface area contributed by atoms with E-state index < -0.39 is 0 Å². The zero-order valence-electron chi connectivity index (χ0n) is 11.1. The Morgan fingerprint density at radius 2 is 2.00 bits per heavy atom. The summed E-state index contributed by atoms with van der Waals surface area (Å²) in [5.41, 5.74) is 7.40. The highest BCUT2D eigenvalue weighted by atomic mass is 127. The molecule has 0 saturated heterocycles. The molecule has 21 heavy (non-hydrogen) atoms. The monoisotopic (exact) mass is 414 g/mol. The highest BCUT2D eigenvalue weighted by molar-refractivity contribution is 14.1. The Morgan fingerprint density at radius 1 is 1.29 bits per heavy atom. The van der Waals surface area contributed by atoms with Gasteiger partial charge in [-0.2, -0.15) is 0 Å². The maximum Gasteiger partial charge on any atom is 0.259 e. The number of amides is 1. The summed E-state index contributed by atoms with van der Waals surface area (Å²) in [5, 5.41) is 0. The van der Waals surface area contributed by atoms with Crippen molar-refractivity contribution in [3.8, 4) is 0 Å².